The molecule has 1 amide bonds. The van der Waals surface area contributed by atoms with E-state index in [9.17, 15) is 14.4 Å². The first-order valence-corrected chi connectivity index (χ1v) is 10.1. The normalized spacial score (nSPS) is 14.8. The van der Waals surface area contributed by atoms with Crippen molar-refractivity contribution in [2.45, 2.75) is 18.8 Å². The van der Waals surface area contributed by atoms with Gasteiger partial charge in [-0.1, -0.05) is 23.2 Å². The van der Waals surface area contributed by atoms with Gasteiger partial charge in [0, 0.05) is 9.90 Å². The molecule has 29 heavy (non-hydrogen) atoms. The molecule has 1 aromatic heterocycles. The summed E-state index contributed by atoms with van der Waals surface area (Å²) < 4.78 is 15.1. The summed E-state index contributed by atoms with van der Waals surface area (Å²) in [5.41, 5.74) is 0.740. The van der Waals surface area contributed by atoms with Crippen molar-refractivity contribution in [3.05, 3.63) is 44.2 Å². The van der Waals surface area contributed by atoms with Crippen molar-refractivity contribution in [2.24, 2.45) is 0 Å². The molecule has 1 N–H and O–H groups in total. The third-order valence-electron chi connectivity index (χ3n) is 4.41. The Hall–Kier alpha value is -2.29. The molecular weight excluding hydrogens is 441 g/mol. The summed E-state index contributed by atoms with van der Waals surface area (Å²) in [6.45, 7) is -0.328. The molecule has 154 valence electrons. The van der Waals surface area contributed by atoms with Gasteiger partial charge in [-0.15, -0.1) is 11.3 Å². The van der Waals surface area contributed by atoms with Gasteiger partial charge in [0.2, 0.25) is 0 Å². The van der Waals surface area contributed by atoms with Crippen molar-refractivity contribution < 1.29 is 28.6 Å². The van der Waals surface area contributed by atoms with Crippen LogP contribution in [0.3, 0.4) is 0 Å². The van der Waals surface area contributed by atoms with Crippen LogP contribution in [0, 0.1) is 0 Å². The molecule has 0 bridgehead atoms. The minimum absolute atomic E-state index is 0.179. The molecule has 1 aliphatic carbocycles. The number of aryl methyl sites for hydroxylation is 1. The molecule has 0 fully saturated rings. The van der Waals surface area contributed by atoms with Gasteiger partial charge in [0.05, 0.1) is 30.7 Å². The van der Waals surface area contributed by atoms with E-state index >= 15 is 0 Å². The zero-order valence-corrected chi connectivity index (χ0v) is 17.9. The fourth-order valence-electron chi connectivity index (χ4n) is 3.13. The lowest BCUT2D eigenvalue weighted by Crippen LogP contribution is -2.22. The molecule has 10 heteroatoms. The van der Waals surface area contributed by atoms with Crippen molar-refractivity contribution in [3.63, 3.8) is 0 Å². The highest BCUT2D eigenvalue weighted by atomic mass is 35.5. The van der Waals surface area contributed by atoms with E-state index in [-0.39, 0.29) is 17.2 Å². The van der Waals surface area contributed by atoms with Crippen LogP contribution in [0.2, 0.25) is 10.0 Å². The van der Waals surface area contributed by atoms with E-state index < -0.39 is 23.8 Å². The summed E-state index contributed by atoms with van der Waals surface area (Å²) in [7, 11) is 2.54. The molecular formula is C19H17Cl2NO6S. The highest BCUT2D eigenvalue weighted by Gasteiger charge is 2.38. The third-order valence-corrected chi connectivity index (χ3v) is 6.12. The monoisotopic (exact) mass is 457 g/mol. The number of hydrogen-bond acceptors (Lipinski definition) is 7. The van der Waals surface area contributed by atoms with Gasteiger partial charge in [0.25, 0.3) is 5.91 Å². The number of ether oxygens (including phenoxy) is 3. The van der Waals surface area contributed by atoms with Crippen LogP contribution in [0.4, 0.5) is 5.00 Å². The number of anilines is 1. The van der Waals surface area contributed by atoms with Gasteiger partial charge in [-0.25, -0.2) is 4.79 Å². The Balaban J connectivity index is 1.79. The standard InChI is InChI=1S/C19H17Cl2NO6S/c1-26-18(24)10-4-6-13-15(10)16(19(25)27-2)17(29-13)22-14(23)8-28-12-5-3-9(20)7-11(12)21/h3,5,7,10H,4,6,8H2,1-2H3,(H,22,23)/t10-/m0/s1. The van der Waals surface area contributed by atoms with Gasteiger partial charge in [0.1, 0.15) is 10.8 Å². The second-order valence-corrected chi connectivity index (χ2v) is 8.11. The topological polar surface area (TPSA) is 90.9 Å². The van der Waals surface area contributed by atoms with Gasteiger partial charge in [-0.3, -0.25) is 9.59 Å². The summed E-state index contributed by atoms with van der Waals surface area (Å²) in [5, 5.41) is 3.70. The quantitative estimate of drug-likeness (QED) is 0.657. The maximum atomic E-state index is 12.4. The summed E-state index contributed by atoms with van der Waals surface area (Å²) in [6.07, 6.45) is 1.15. The largest absolute Gasteiger partial charge is 0.482 e. The van der Waals surface area contributed by atoms with Crippen molar-refractivity contribution in [1.29, 1.82) is 0 Å². The van der Waals surface area contributed by atoms with Crippen LogP contribution in [0.25, 0.3) is 0 Å². The van der Waals surface area contributed by atoms with Crippen molar-refractivity contribution in [2.75, 3.05) is 26.1 Å². The van der Waals surface area contributed by atoms with E-state index in [2.05, 4.69) is 5.32 Å². The molecule has 1 atom stereocenters. The molecule has 0 saturated heterocycles. The lowest BCUT2D eigenvalue weighted by molar-refractivity contribution is -0.142. The van der Waals surface area contributed by atoms with E-state index in [0.29, 0.717) is 34.2 Å². The smallest absolute Gasteiger partial charge is 0.341 e. The van der Waals surface area contributed by atoms with E-state index in [1.807, 2.05) is 0 Å². The lowest BCUT2D eigenvalue weighted by atomic mass is 9.99. The number of carbonyl (C=O) groups is 3. The summed E-state index contributed by atoms with van der Waals surface area (Å²) in [4.78, 5) is 37.7. The van der Waals surface area contributed by atoms with Crippen LogP contribution in [-0.4, -0.2) is 38.7 Å². The Morgan fingerprint density at radius 2 is 1.97 bits per heavy atom. The molecule has 1 aliphatic rings. The van der Waals surface area contributed by atoms with Crippen LogP contribution in [0.1, 0.15) is 33.1 Å². The predicted molar refractivity (Wildman–Crippen MR) is 109 cm³/mol. The predicted octanol–water partition coefficient (Wildman–Crippen LogP) is 4.06. The maximum Gasteiger partial charge on any atom is 0.341 e. The number of amides is 1. The number of benzene rings is 1. The van der Waals surface area contributed by atoms with E-state index in [1.54, 1.807) is 12.1 Å². The summed E-state index contributed by atoms with van der Waals surface area (Å²) in [5.74, 6) is -1.80. The third kappa shape index (κ3) is 4.49. The Bertz CT molecular complexity index is 974. The average molecular weight is 458 g/mol. The fourth-order valence-corrected chi connectivity index (χ4v) is 4.88. The van der Waals surface area contributed by atoms with E-state index in [1.165, 1.54) is 31.6 Å². The van der Waals surface area contributed by atoms with Crippen LogP contribution in [0.5, 0.6) is 5.75 Å². The molecule has 0 aliphatic heterocycles. The molecule has 0 saturated carbocycles. The van der Waals surface area contributed by atoms with E-state index in [4.69, 9.17) is 37.4 Å². The first-order valence-electron chi connectivity index (χ1n) is 8.55. The number of nitrogens with one attached hydrogen (secondary N) is 1. The number of hydrogen-bond donors (Lipinski definition) is 1. The zero-order valence-electron chi connectivity index (χ0n) is 15.5. The number of thiophene rings is 1. The highest BCUT2D eigenvalue weighted by molar-refractivity contribution is 7.17. The van der Waals surface area contributed by atoms with Gasteiger partial charge in [-0.2, -0.15) is 0 Å². The molecule has 0 spiro atoms. The number of fused-ring (bicyclic) bond motifs is 1. The molecule has 2 aromatic rings. The van der Waals surface area contributed by atoms with Crippen LogP contribution in [-0.2, 0) is 25.5 Å². The highest BCUT2D eigenvalue weighted by Crippen LogP contribution is 2.45. The number of esters is 2. The Morgan fingerprint density at radius 3 is 2.62 bits per heavy atom. The van der Waals surface area contributed by atoms with Crippen molar-refractivity contribution in [1.82, 2.24) is 0 Å². The van der Waals surface area contributed by atoms with Gasteiger partial charge in [0.15, 0.2) is 6.61 Å². The molecule has 0 radical (unpaired) electrons. The fraction of sp³-hybridized carbons (Fsp3) is 0.316. The second kappa shape index (κ2) is 9.02. The first kappa shape index (κ1) is 21.4. The summed E-state index contributed by atoms with van der Waals surface area (Å²) in [6, 6.07) is 4.65. The minimum Gasteiger partial charge on any atom is -0.482 e. The van der Waals surface area contributed by atoms with Crippen molar-refractivity contribution in [3.8, 4) is 5.75 Å². The number of carbonyl (C=O) groups excluding carboxylic acids is 3. The average Bonchev–Trinajstić information content (AvgIpc) is 3.24. The maximum absolute atomic E-state index is 12.4. The number of rotatable bonds is 6. The summed E-state index contributed by atoms with van der Waals surface area (Å²) >= 11 is 13.1. The molecule has 1 heterocycles. The lowest BCUT2D eigenvalue weighted by Gasteiger charge is -2.12. The first-order chi connectivity index (χ1) is 13.8. The van der Waals surface area contributed by atoms with Crippen LogP contribution in [0.15, 0.2) is 18.2 Å². The second-order valence-electron chi connectivity index (χ2n) is 6.16. The molecule has 3 rings (SSSR count). The SMILES string of the molecule is COC(=O)c1c(NC(=O)COc2ccc(Cl)cc2Cl)sc2c1[C@@H](C(=O)OC)CC2. The number of halogens is 2. The van der Waals surface area contributed by atoms with Gasteiger partial charge < -0.3 is 19.5 Å². The number of methoxy groups -OCH3 is 2. The van der Waals surface area contributed by atoms with Crippen LogP contribution < -0.4 is 10.1 Å². The zero-order chi connectivity index (χ0) is 21.1. The van der Waals surface area contributed by atoms with E-state index in [0.717, 1.165) is 4.88 Å². The Morgan fingerprint density at radius 1 is 1.21 bits per heavy atom. The van der Waals surface area contributed by atoms with Gasteiger partial charge >= 0.3 is 11.9 Å². The van der Waals surface area contributed by atoms with Gasteiger partial charge in [-0.05, 0) is 36.6 Å². The molecule has 7 nitrogen and oxygen atoms in total. The Labute approximate surface area is 180 Å². The molecule has 1 aromatic carbocycles. The minimum atomic E-state index is -0.629. The Kier molecular flexibility index (Phi) is 6.66. The molecule has 0 unspecified atom stereocenters. The van der Waals surface area contributed by atoms with Crippen LogP contribution >= 0.6 is 34.5 Å². The van der Waals surface area contributed by atoms with Crippen molar-refractivity contribution >= 4 is 57.4 Å².